The fraction of sp³-hybridized carbons (Fsp3) is 0.300. The van der Waals surface area contributed by atoms with E-state index in [1.165, 1.54) is 0 Å². The number of carbonyl (C=O) groups excluding carboxylic acids is 2. The van der Waals surface area contributed by atoms with Crippen molar-refractivity contribution in [2.24, 2.45) is 0 Å². The van der Waals surface area contributed by atoms with E-state index in [1.54, 1.807) is 36.4 Å². The summed E-state index contributed by atoms with van der Waals surface area (Å²) in [5.74, 6) is 0.570. The number of nitrogens with one attached hydrogen (secondary N) is 1. The lowest BCUT2D eigenvalue weighted by atomic mass is 10.1. The van der Waals surface area contributed by atoms with Crippen molar-refractivity contribution in [3.8, 4) is 11.5 Å². The van der Waals surface area contributed by atoms with E-state index >= 15 is 0 Å². The smallest absolute Gasteiger partial charge is 0.255 e. The zero-order chi connectivity index (χ0) is 18.8. The molecule has 1 fully saturated rings. The van der Waals surface area contributed by atoms with Crippen molar-refractivity contribution in [1.82, 2.24) is 4.90 Å². The number of ether oxygens (including phenoxy) is 2. The number of halogens is 1. The number of benzene rings is 2. The first kappa shape index (κ1) is 17.7. The topological polar surface area (TPSA) is 67.9 Å². The Morgan fingerprint density at radius 1 is 1.00 bits per heavy atom. The summed E-state index contributed by atoms with van der Waals surface area (Å²) in [7, 11) is 0. The van der Waals surface area contributed by atoms with E-state index < -0.39 is 0 Å². The average Bonchev–Trinajstić information content (AvgIpc) is 3.22. The van der Waals surface area contributed by atoms with Crippen molar-refractivity contribution in [3.63, 3.8) is 0 Å². The Morgan fingerprint density at radius 2 is 1.78 bits per heavy atom. The van der Waals surface area contributed by atoms with Gasteiger partial charge in [-0.15, -0.1) is 0 Å². The van der Waals surface area contributed by atoms with Gasteiger partial charge in [0.15, 0.2) is 11.5 Å². The lowest BCUT2D eigenvalue weighted by Gasteiger charge is -2.20. The Morgan fingerprint density at radius 3 is 2.59 bits per heavy atom. The minimum absolute atomic E-state index is 0.00836. The van der Waals surface area contributed by atoms with Crippen LogP contribution in [0.2, 0.25) is 5.02 Å². The lowest BCUT2D eigenvalue weighted by molar-refractivity contribution is 0.0792. The lowest BCUT2D eigenvalue weighted by Crippen LogP contribution is -2.27. The van der Waals surface area contributed by atoms with E-state index in [0.29, 0.717) is 46.5 Å². The minimum atomic E-state index is -0.334. The van der Waals surface area contributed by atoms with Crippen LogP contribution in [0, 0.1) is 0 Å². The third-order valence-corrected chi connectivity index (χ3v) is 4.90. The molecule has 2 aliphatic rings. The van der Waals surface area contributed by atoms with Crippen LogP contribution in [0.15, 0.2) is 36.4 Å². The van der Waals surface area contributed by atoms with Crippen molar-refractivity contribution < 1.29 is 19.1 Å². The molecule has 0 radical (unpaired) electrons. The van der Waals surface area contributed by atoms with Crippen LogP contribution in [0.4, 0.5) is 5.69 Å². The minimum Gasteiger partial charge on any atom is -0.486 e. The summed E-state index contributed by atoms with van der Waals surface area (Å²) < 4.78 is 11.0. The molecule has 0 bridgehead atoms. The fourth-order valence-corrected chi connectivity index (χ4v) is 3.54. The molecule has 0 unspecified atom stereocenters. The van der Waals surface area contributed by atoms with Crippen LogP contribution in [0.5, 0.6) is 11.5 Å². The van der Waals surface area contributed by atoms with Gasteiger partial charge in [0.05, 0.1) is 5.02 Å². The molecule has 0 aromatic heterocycles. The quantitative estimate of drug-likeness (QED) is 0.875. The molecule has 27 heavy (non-hydrogen) atoms. The first-order valence-electron chi connectivity index (χ1n) is 8.91. The van der Waals surface area contributed by atoms with E-state index in [2.05, 4.69) is 5.32 Å². The molecular weight excluding hydrogens is 368 g/mol. The number of nitrogens with zero attached hydrogens (tertiary/aromatic N) is 1. The molecule has 0 saturated carbocycles. The Bertz CT molecular complexity index is 894. The van der Waals surface area contributed by atoms with Crippen molar-refractivity contribution in [2.75, 3.05) is 31.6 Å². The largest absolute Gasteiger partial charge is 0.486 e. The molecule has 2 aromatic rings. The summed E-state index contributed by atoms with van der Waals surface area (Å²) in [5, 5.41) is 3.14. The summed E-state index contributed by atoms with van der Waals surface area (Å²) in [4.78, 5) is 27.0. The van der Waals surface area contributed by atoms with Gasteiger partial charge in [-0.2, -0.15) is 0 Å². The number of anilines is 1. The number of likely N-dealkylation sites (tertiary alicyclic amines) is 1. The monoisotopic (exact) mass is 386 g/mol. The highest BCUT2D eigenvalue weighted by Gasteiger charge is 2.21. The van der Waals surface area contributed by atoms with E-state index in [-0.39, 0.29) is 11.8 Å². The van der Waals surface area contributed by atoms with E-state index in [1.807, 2.05) is 4.90 Å². The molecule has 140 valence electrons. The summed E-state index contributed by atoms with van der Waals surface area (Å²) >= 11 is 6.20. The molecule has 0 aliphatic carbocycles. The number of carbonyl (C=O) groups is 2. The van der Waals surface area contributed by atoms with Crippen LogP contribution >= 0.6 is 11.6 Å². The van der Waals surface area contributed by atoms with Crippen molar-refractivity contribution in [1.29, 1.82) is 0 Å². The number of hydrogen-bond acceptors (Lipinski definition) is 4. The fourth-order valence-electron chi connectivity index (χ4n) is 3.28. The second-order valence-electron chi connectivity index (χ2n) is 6.52. The molecule has 0 spiro atoms. The third-order valence-electron chi connectivity index (χ3n) is 4.62. The predicted octanol–water partition coefficient (Wildman–Crippen LogP) is 3.60. The van der Waals surface area contributed by atoms with Crippen molar-refractivity contribution in [3.05, 3.63) is 52.5 Å². The Hall–Kier alpha value is -2.73. The first-order chi connectivity index (χ1) is 13.1. The van der Waals surface area contributed by atoms with E-state index in [9.17, 15) is 9.59 Å². The van der Waals surface area contributed by atoms with Crippen LogP contribution in [-0.2, 0) is 0 Å². The van der Waals surface area contributed by atoms with Gasteiger partial charge in [-0.25, -0.2) is 0 Å². The predicted molar refractivity (Wildman–Crippen MR) is 102 cm³/mol. The van der Waals surface area contributed by atoms with Gasteiger partial charge in [0.25, 0.3) is 11.8 Å². The average molecular weight is 387 g/mol. The second kappa shape index (κ2) is 7.48. The van der Waals surface area contributed by atoms with Crippen molar-refractivity contribution in [2.45, 2.75) is 12.8 Å². The van der Waals surface area contributed by atoms with Crippen LogP contribution in [0.3, 0.4) is 0 Å². The van der Waals surface area contributed by atoms with Crippen LogP contribution in [0.25, 0.3) is 0 Å². The Labute approximate surface area is 162 Å². The SMILES string of the molecule is O=C(Nc1cccc(C(=O)N2CCCC2)c1)c1cc(Cl)c2c(c1)OCCO2. The van der Waals surface area contributed by atoms with Crippen molar-refractivity contribution >= 4 is 29.1 Å². The standard InChI is InChI=1S/C20H19ClN2O4/c21-16-11-14(12-17-18(16)27-9-8-26-17)19(24)22-15-5-3-4-13(10-15)20(25)23-6-1-2-7-23/h3-5,10-12H,1-2,6-9H2,(H,22,24). The highest BCUT2D eigenvalue weighted by molar-refractivity contribution is 6.32. The maximum atomic E-state index is 12.6. The number of rotatable bonds is 3. The highest BCUT2D eigenvalue weighted by atomic mass is 35.5. The highest BCUT2D eigenvalue weighted by Crippen LogP contribution is 2.38. The third kappa shape index (κ3) is 3.71. The number of hydrogen-bond donors (Lipinski definition) is 1. The summed E-state index contributed by atoms with van der Waals surface area (Å²) in [6, 6.07) is 10.1. The van der Waals surface area contributed by atoms with Crippen LogP contribution in [0.1, 0.15) is 33.6 Å². The molecule has 0 atom stereocenters. The summed E-state index contributed by atoms with van der Waals surface area (Å²) in [6.07, 6.45) is 2.07. The second-order valence-corrected chi connectivity index (χ2v) is 6.92. The zero-order valence-corrected chi connectivity index (χ0v) is 15.4. The molecule has 1 N–H and O–H groups in total. The molecule has 2 aliphatic heterocycles. The molecule has 1 saturated heterocycles. The van der Waals surface area contributed by atoms with Gasteiger partial charge in [0.1, 0.15) is 13.2 Å². The number of fused-ring (bicyclic) bond motifs is 1. The number of amides is 2. The summed E-state index contributed by atoms with van der Waals surface area (Å²) in [6.45, 7) is 2.40. The molecule has 2 heterocycles. The molecule has 2 amide bonds. The molecule has 2 aromatic carbocycles. The molecule has 7 heteroatoms. The maximum Gasteiger partial charge on any atom is 0.255 e. The van der Waals surface area contributed by atoms with Crippen LogP contribution < -0.4 is 14.8 Å². The van der Waals surface area contributed by atoms with Crippen LogP contribution in [-0.4, -0.2) is 43.0 Å². The van der Waals surface area contributed by atoms with Gasteiger partial charge in [-0.1, -0.05) is 17.7 Å². The zero-order valence-electron chi connectivity index (χ0n) is 14.7. The van der Waals surface area contributed by atoms with Gasteiger partial charge < -0.3 is 19.7 Å². The van der Waals surface area contributed by atoms with Gasteiger partial charge in [-0.05, 0) is 43.2 Å². The molecule has 4 rings (SSSR count). The normalized spacial score (nSPS) is 15.5. The van der Waals surface area contributed by atoms with Gasteiger partial charge in [-0.3, -0.25) is 9.59 Å². The maximum absolute atomic E-state index is 12.6. The first-order valence-corrected chi connectivity index (χ1v) is 9.29. The molecule has 6 nitrogen and oxygen atoms in total. The van der Waals surface area contributed by atoms with E-state index in [0.717, 1.165) is 25.9 Å². The van der Waals surface area contributed by atoms with Gasteiger partial charge in [0.2, 0.25) is 0 Å². The summed E-state index contributed by atoms with van der Waals surface area (Å²) in [5.41, 5.74) is 1.48. The van der Waals surface area contributed by atoms with E-state index in [4.69, 9.17) is 21.1 Å². The Kier molecular flexibility index (Phi) is 4.90. The van der Waals surface area contributed by atoms with Gasteiger partial charge in [0, 0.05) is 29.9 Å². The Balaban J connectivity index is 1.52. The van der Waals surface area contributed by atoms with Gasteiger partial charge >= 0.3 is 0 Å². The molecular formula is C20H19ClN2O4.